The van der Waals surface area contributed by atoms with E-state index < -0.39 is 18.0 Å². The molecular weight excluding hydrogens is 329 g/mol. The Morgan fingerprint density at radius 3 is 2.47 bits per heavy atom. The Labute approximate surface area is 116 Å². The van der Waals surface area contributed by atoms with Gasteiger partial charge in [-0.1, -0.05) is 15.9 Å². The number of amides is 1. The van der Waals surface area contributed by atoms with Gasteiger partial charge in [-0.3, -0.25) is 4.79 Å². The van der Waals surface area contributed by atoms with Gasteiger partial charge in [0.25, 0.3) is 5.91 Å². The van der Waals surface area contributed by atoms with E-state index in [9.17, 15) is 18.0 Å². The van der Waals surface area contributed by atoms with Crippen LogP contribution >= 0.6 is 15.9 Å². The number of anilines is 1. The van der Waals surface area contributed by atoms with Crippen LogP contribution in [0.1, 0.15) is 24.2 Å². The first-order valence-electron chi connectivity index (χ1n) is 5.26. The molecule has 19 heavy (non-hydrogen) atoms. The molecule has 1 aromatic carbocycles. The molecule has 0 heterocycles. The zero-order valence-corrected chi connectivity index (χ0v) is 11.7. The highest BCUT2D eigenvalue weighted by Crippen LogP contribution is 2.34. The Kier molecular flexibility index (Phi) is 4.67. The van der Waals surface area contributed by atoms with Crippen LogP contribution in [-0.2, 0) is 0 Å². The Balaban J connectivity index is 3.16. The molecule has 0 unspecified atom stereocenters. The van der Waals surface area contributed by atoms with Crippen molar-refractivity contribution in [2.24, 2.45) is 0 Å². The monoisotopic (exact) mass is 340 g/mol. The maximum atomic E-state index is 12.2. The SMILES string of the molecule is CC(C)NC(=O)c1cc(Br)cc(OC(F)(F)F)c1N. The number of nitrogen functional groups attached to an aromatic ring is 1. The average molecular weight is 341 g/mol. The second kappa shape index (κ2) is 5.68. The van der Waals surface area contributed by atoms with Crippen molar-refractivity contribution in [1.29, 1.82) is 0 Å². The Morgan fingerprint density at radius 1 is 1.42 bits per heavy atom. The molecule has 1 amide bonds. The van der Waals surface area contributed by atoms with Crippen molar-refractivity contribution < 1.29 is 22.7 Å². The molecule has 0 aliphatic rings. The van der Waals surface area contributed by atoms with Gasteiger partial charge in [0, 0.05) is 10.5 Å². The molecule has 0 aromatic heterocycles. The van der Waals surface area contributed by atoms with Crippen LogP contribution in [0, 0.1) is 0 Å². The third-order valence-electron chi connectivity index (χ3n) is 2.00. The second-order valence-electron chi connectivity index (χ2n) is 4.04. The van der Waals surface area contributed by atoms with E-state index in [1.807, 2.05) is 0 Å². The van der Waals surface area contributed by atoms with Crippen molar-refractivity contribution >= 4 is 27.5 Å². The fourth-order valence-electron chi connectivity index (χ4n) is 1.33. The molecule has 0 radical (unpaired) electrons. The van der Waals surface area contributed by atoms with E-state index in [1.165, 1.54) is 6.07 Å². The standard InChI is InChI=1S/C11H12BrF3N2O2/c1-5(2)17-10(18)7-3-6(12)4-8(9(7)16)19-11(13,14)15/h3-5H,16H2,1-2H3,(H,17,18). The Bertz CT molecular complexity index is 490. The van der Waals surface area contributed by atoms with E-state index in [-0.39, 0.29) is 21.8 Å². The van der Waals surface area contributed by atoms with E-state index in [2.05, 4.69) is 26.0 Å². The number of nitrogens with one attached hydrogen (secondary N) is 1. The van der Waals surface area contributed by atoms with Gasteiger partial charge in [0.05, 0.1) is 11.3 Å². The van der Waals surface area contributed by atoms with Crippen molar-refractivity contribution in [3.05, 3.63) is 22.2 Å². The quantitative estimate of drug-likeness (QED) is 0.831. The molecule has 8 heteroatoms. The normalized spacial score (nSPS) is 11.5. The predicted molar refractivity (Wildman–Crippen MR) is 67.8 cm³/mol. The highest BCUT2D eigenvalue weighted by Gasteiger charge is 2.33. The van der Waals surface area contributed by atoms with Crippen molar-refractivity contribution in [3.63, 3.8) is 0 Å². The lowest BCUT2D eigenvalue weighted by atomic mass is 10.1. The fourth-order valence-corrected chi connectivity index (χ4v) is 1.77. The number of carbonyl (C=O) groups excluding carboxylic acids is 1. The first kappa shape index (κ1) is 15.6. The second-order valence-corrected chi connectivity index (χ2v) is 4.96. The molecule has 3 N–H and O–H groups in total. The third-order valence-corrected chi connectivity index (χ3v) is 2.45. The molecule has 0 saturated carbocycles. The number of nitrogens with two attached hydrogens (primary N) is 1. The number of hydrogen-bond acceptors (Lipinski definition) is 3. The van der Waals surface area contributed by atoms with Gasteiger partial charge in [0.2, 0.25) is 0 Å². The van der Waals surface area contributed by atoms with E-state index in [1.54, 1.807) is 13.8 Å². The number of hydrogen-bond donors (Lipinski definition) is 2. The number of ether oxygens (including phenoxy) is 1. The fraction of sp³-hybridized carbons (Fsp3) is 0.364. The minimum atomic E-state index is -4.87. The molecule has 0 aliphatic carbocycles. The molecule has 0 aliphatic heterocycles. The summed E-state index contributed by atoms with van der Waals surface area (Å²) >= 11 is 3.01. The van der Waals surface area contributed by atoms with Crippen LogP contribution in [-0.4, -0.2) is 18.3 Å². The highest BCUT2D eigenvalue weighted by molar-refractivity contribution is 9.10. The Morgan fingerprint density at radius 2 is 2.00 bits per heavy atom. The zero-order valence-electron chi connectivity index (χ0n) is 10.1. The summed E-state index contributed by atoms with van der Waals surface area (Å²) < 4.78 is 40.6. The van der Waals surface area contributed by atoms with Gasteiger partial charge in [-0.2, -0.15) is 0 Å². The summed E-state index contributed by atoms with van der Waals surface area (Å²) in [5, 5.41) is 2.54. The van der Waals surface area contributed by atoms with Gasteiger partial charge in [-0.25, -0.2) is 0 Å². The minimum absolute atomic E-state index is 0.0812. The summed E-state index contributed by atoms with van der Waals surface area (Å²) in [4.78, 5) is 11.8. The lowest BCUT2D eigenvalue weighted by Crippen LogP contribution is -2.31. The van der Waals surface area contributed by atoms with Crippen LogP contribution in [0.2, 0.25) is 0 Å². The van der Waals surface area contributed by atoms with Gasteiger partial charge in [-0.15, -0.1) is 13.2 Å². The number of benzene rings is 1. The van der Waals surface area contributed by atoms with Crippen LogP contribution in [0.4, 0.5) is 18.9 Å². The van der Waals surface area contributed by atoms with E-state index in [0.29, 0.717) is 0 Å². The lowest BCUT2D eigenvalue weighted by Gasteiger charge is -2.15. The van der Waals surface area contributed by atoms with Gasteiger partial charge >= 0.3 is 6.36 Å². The molecule has 4 nitrogen and oxygen atoms in total. The first-order chi connectivity index (χ1) is 8.60. The molecule has 1 rings (SSSR count). The van der Waals surface area contributed by atoms with Crippen LogP contribution < -0.4 is 15.8 Å². The van der Waals surface area contributed by atoms with Crippen LogP contribution in [0.3, 0.4) is 0 Å². The van der Waals surface area contributed by atoms with Crippen LogP contribution in [0.5, 0.6) is 5.75 Å². The molecule has 106 valence electrons. The van der Waals surface area contributed by atoms with Crippen molar-refractivity contribution in [1.82, 2.24) is 5.32 Å². The molecular formula is C11H12BrF3N2O2. The van der Waals surface area contributed by atoms with Crippen molar-refractivity contribution in [3.8, 4) is 5.75 Å². The van der Waals surface area contributed by atoms with Gasteiger partial charge in [0.15, 0.2) is 5.75 Å². The maximum Gasteiger partial charge on any atom is 0.573 e. The van der Waals surface area contributed by atoms with Crippen LogP contribution in [0.15, 0.2) is 16.6 Å². The highest BCUT2D eigenvalue weighted by atomic mass is 79.9. The summed E-state index contributed by atoms with van der Waals surface area (Å²) in [6, 6.07) is 2.21. The van der Waals surface area contributed by atoms with Gasteiger partial charge < -0.3 is 15.8 Å². The average Bonchev–Trinajstić information content (AvgIpc) is 2.19. The summed E-state index contributed by atoms with van der Waals surface area (Å²) in [6.07, 6.45) is -4.87. The summed E-state index contributed by atoms with van der Waals surface area (Å²) in [5.74, 6) is -1.18. The predicted octanol–water partition coefficient (Wildman–Crippen LogP) is 3.07. The molecule has 0 saturated heterocycles. The molecule has 1 aromatic rings. The number of carbonyl (C=O) groups is 1. The van der Waals surface area contributed by atoms with E-state index in [4.69, 9.17) is 5.73 Å². The summed E-state index contributed by atoms with van der Waals surface area (Å²) in [6.45, 7) is 3.44. The molecule has 0 atom stereocenters. The summed E-state index contributed by atoms with van der Waals surface area (Å²) in [7, 11) is 0. The van der Waals surface area contributed by atoms with Crippen molar-refractivity contribution in [2.45, 2.75) is 26.3 Å². The van der Waals surface area contributed by atoms with Gasteiger partial charge in [-0.05, 0) is 26.0 Å². The topological polar surface area (TPSA) is 64.3 Å². The smallest absolute Gasteiger partial charge is 0.404 e. The number of halogens is 4. The molecule has 0 bridgehead atoms. The zero-order chi connectivity index (χ0) is 14.8. The first-order valence-corrected chi connectivity index (χ1v) is 6.05. The van der Waals surface area contributed by atoms with Gasteiger partial charge in [0.1, 0.15) is 0 Å². The number of alkyl halides is 3. The Hall–Kier alpha value is -1.44. The number of rotatable bonds is 3. The summed E-state index contributed by atoms with van der Waals surface area (Å²) in [5.41, 5.74) is 5.09. The molecule has 0 spiro atoms. The minimum Gasteiger partial charge on any atom is -0.404 e. The molecule has 0 fully saturated rings. The van der Waals surface area contributed by atoms with Crippen LogP contribution in [0.25, 0.3) is 0 Å². The van der Waals surface area contributed by atoms with E-state index in [0.717, 1.165) is 6.07 Å². The lowest BCUT2D eigenvalue weighted by molar-refractivity contribution is -0.274. The largest absolute Gasteiger partial charge is 0.573 e. The maximum absolute atomic E-state index is 12.2. The third kappa shape index (κ3) is 4.62. The van der Waals surface area contributed by atoms with Crippen molar-refractivity contribution in [2.75, 3.05) is 5.73 Å². The van der Waals surface area contributed by atoms with E-state index >= 15 is 0 Å².